The van der Waals surface area contributed by atoms with Crippen molar-refractivity contribution in [2.45, 2.75) is 16.3 Å². The van der Waals surface area contributed by atoms with E-state index in [9.17, 15) is 4.79 Å². The highest BCUT2D eigenvalue weighted by molar-refractivity contribution is 7.99. The Morgan fingerprint density at radius 1 is 1.30 bits per heavy atom. The molecule has 0 atom stereocenters. The molecule has 0 N–H and O–H groups in total. The van der Waals surface area contributed by atoms with E-state index in [4.69, 9.17) is 21.3 Å². The Morgan fingerprint density at radius 3 is 2.96 bits per heavy atom. The molecule has 0 radical (unpaired) electrons. The first-order chi connectivity index (χ1) is 13.1. The summed E-state index contributed by atoms with van der Waals surface area (Å²) < 4.78 is 5.79. The topological polar surface area (TPSA) is 55.3 Å². The first kappa shape index (κ1) is 18.3. The normalized spacial score (nSPS) is 13.9. The molecule has 138 valence electrons. The predicted molar refractivity (Wildman–Crippen MR) is 110 cm³/mol. The van der Waals surface area contributed by atoms with Gasteiger partial charge in [-0.25, -0.2) is 14.8 Å². The van der Waals surface area contributed by atoms with Crippen LogP contribution in [-0.4, -0.2) is 36.1 Å². The number of ether oxygens (including phenoxy) is 1. The number of aromatic nitrogens is 2. The fourth-order valence-electron chi connectivity index (χ4n) is 2.79. The van der Waals surface area contributed by atoms with Crippen LogP contribution in [-0.2, 0) is 4.74 Å². The van der Waals surface area contributed by atoms with Crippen LogP contribution in [0.5, 0.6) is 0 Å². The number of benzene rings is 1. The summed E-state index contributed by atoms with van der Waals surface area (Å²) in [6.45, 7) is 1.84. The van der Waals surface area contributed by atoms with Crippen molar-refractivity contribution in [1.82, 2.24) is 9.97 Å². The SMILES string of the molecule is COC(=O)c1cccc(Sc2cc(Cl)cc3sc(N4CC=CCC4)nc23)n1. The van der Waals surface area contributed by atoms with Crippen molar-refractivity contribution in [3.63, 3.8) is 0 Å². The van der Waals surface area contributed by atoms with Gasteiger partial charge in [0.05, 0.1) is 17.3 Å². The van der Waals surface area contributed by atoms with E-state index in [0.717, 1.165) is 39.8 Å². The average Bonchev–Trinajstić information content (AvgIpc) is 3.12. The van der Waals surface area contributed by atoms with Crippen LogP contribution in [0.25, 0.3) is 10.2 Å². The van der Waals surface area contributed by atoms with Crippen molar-refractivity contribution in [2.24, 2.45) is 0 Å². The van der Waals surface area contributed by atoms with E-state index < -0.39 is 5.97 Å². The molecule has 1 aliphatic rings. The molecule has 1 aromatic carbocycles. The fourth-order valence-corrected chi connectivity index (χ4v) is 5.22. The Balaban J connectivity index is 1.70. The Morgan fingerprint density at radius 2 is 2.19 bits per heavy atom. The molecule has 0 saturated heterocycles. The molecule has 0 unspecified atom stereocenters. The summed E-state index contributed by atoms with van der Waals surface area (Å²) in [6, 6.07) is 9.11. The predicted octanol–water partition coefficient (Wildman–Crippen LogP) is 5.05. The second-order valence-electron chi connectivity index (χ2n) is 5.91. The number of hydrogen-bond donors (Lipinski definition) is 0. The van der Waals surface area contributed by atoms with E-state index in [1.807, 2.05) is 18.2 Å². The minimum atomic E-state index is -0.456. The Labute approximate surface area is 170 Å². The number of methoxy groups -OCH3 is 1. The van der Waals surface area contributed by atoms with Crippen LogP contribution in [0.2, 0.25) is 5.02 Å². The van der Waals surface area contributed by atoms with E-state index in [1.165, 1.54) is 18.9 Å². The Bertz CT molecular complexity index is 1030. The van der Waals surface area contributed by atoms with Crippen molar-refractivity contribution >= 4 is 56.0 Å². The fraction of sp³-hybridized carbons (Fsp3) is 0.211. The van der Waals surface area contributed by atoms with Gasteiger partial charge in [0.15, 0.2) is 5.13 Å². The Hall–Kier alpha value is -2.09. The van der Waals surface area contributed by atoms with Crippen LogP contribution in [0.1, 0.15) is 16.9 Å². The molecule has 8 heteroatoms. The molecule has 5 nitrogen and oxygen atoms in total. The van der Waals surface area contributed by atoms with Gasteiger partial charge in [0.2, 0.25) is 0 Å². The number of nitrogens with zero attached hydrogens (tertiary/aromatic N) is 3. The molecule has 3 heterocycles. The van der Waals surface area contributed by atoms with Gasteiger partial charge in [-0.05, 0) is 30.7 Å². The molecular weight excluding hydrogens is 402 g/mol. The summed E-state index contributed by atoms with van der Waals surface area (Å²) in [5, 5.41) is 2.34. The summed E-state index contributed by atoms with van der Waals surface area (Å²) in [7, 11) is 1.34. The van der Waals surface area contributed by atoms with E-state index in [1.54, 1.807) is 23.5 Å². The second kappa shape index (κ2) is 7.88. The Kier molecular flexibility index (Phi) is 5.33. The summed E-state index contributed by atoms with van der Waals surface area (Å²) >= 11 is 9.42. The highest BCUT2D eigenvalue weighted by Gasteiger charge is 2.17. The summed E-state index contributed by atoms with van der Waals surface area (Å²) in [4.78, 5) is 24.1. The third kappa shape index (κ3) is 3.95. The molecule has 0 fully saturated rings. The van der Waals surface area contributed by atoms with Crippen LogP contribution in [0.15, 0.2) is 52.4 Å². The highest BCUT2D eigenvalue weighted by Crippen LogP contribution is 2.39. The van der Waals surface area contributed by atoms with Crippen LogP contribution in [0.4, 0.5) is 5.13 Å². The van der Waals surface area contributed by atoms with Crippen LogP contribution < -0.4 is 4.90 Å². The molecule has 0 bridgehead atoms. The van der Waals surface area contributed by atoms with Gasteiger partial charge in [-0.2, -0.15) is 0 Å². The zero-order chi connectivity index (χ0) is 18.8. The van der Waals surface area contributed by atoms with Gasteiger partial charge in [0.1, 0.15) is 10.7 Å². The van der Waals surface area contributed by atoms with Crippen LogP contribution in [0, 0.1) is 0 Å². The molecule has 4 rings (SSSR count). The molecule has 0 spiro atoms. The summed E-state index contributed by atoms with van der Waals surface area (Å²) in [5.74, 6) is -0.456. The van der Waals surface area contributed by atoms with Crippen LogP contribution in [0.3, 0.4) is 0 Å². The maximum absolute atomic E-state index is 11.7. The van der Waals surface area contributed by atoms with Crippen molar-refractivity contribution in [2.75, 3.05) is 25.1 Å². The molecule has 1 aliphatic heterocycles. The smallest absolute Gasteiger partial charge is 0.356 e. The lowest BCUT2D eigenvalue weighted by Crippen LogP contribution is -2.26. The van der Waals surface area contributed by atoms with E-state index in [2.05, 4.69) is 22.0 Å². The maximum atomic E-state index is 11.7. The number of fused-ring (bicyclic) bond motifs is 1. The van der Waals surface area contributed by atoms with Gasteiger partial charge >= 0.3 is 5.97 Å². The lowest BCUT2D eigenvalue weighted by molar-refractivity contribution is 0.0593. The first-order valence-electron chi connectivity index (χ1n) is 8.37. The van der Waals surface area contributed by atoms with E-state index in [-0.39, 0.29) is 5.69 Å². The van der Waals surface area contributed by atoms with Gasteiger partial charge in [0.25, 0.3) is 0 Å². The van der Waals surface area contributed by atoms with Gasteiger partial charge < -0.3 is 9.64 Å². The van der Waals surface area contributed by atoms with Crippen molar-refractivity contribution in [3.8, 4) is 0 Å². The zero-order valence-corrected chi connectivity index (χ0v) is 16.9. The molecule has 0 saturated carbocycles. The number of hydrogen-bond acceptors (Lipinski definition) is 7. The summed E-state index contributed by atoms with van der Waals surface area (Å²) in [5.41, 5.74) is 1.18. The van der Waals surface area contributed by atoms with Crippen molar-refractivity contribution < 1.29 is 9.53 Å². The molecular formula is C19H16ClN3O2S2. The molecule has 0 aliphatic carbocycles. The lowest BCUT2D eigenvalue weighted by Gasteiger charge is -2.22. The second-order valence-corrected chi connectivity index (χ2v) is 8.42. The number of carbonyl (C=O) groups is 1. The van der Waals surface area contributed by atoms with Gasteiger partial charge in [-0.1, -0.05) is 52.9 Å². The number of thiazole rings is 1. The quantitative estimate of drug-likeness (QED) is 0.437. The number of halogens is 1. The largest absolute Gasteiger partial charge is 0.464 e. The lowest BCUT2D eigenvalue weighted by atomic mass is 10.3. The number of pyridine rings is 1. The molecule has 27 heavy (non-hydrogen) atoms. The van der Waals surface area contributed by atoms with E-state index in [0.29, 0.717) is 10.0 Å². The van der Waals surface area contributed by atoms with Gasteiger partial charge in [-0.15, -0.1) is 0 Å². The number of anilines is 1. The van der Waals surface area contributed by atoms with Gasteiger partial charge in [-0.3, -0.25) is 0 Å². The number of carbonyl (C=O) groups excluding carboxylic acids is 1. The molecule has 3 aromatic rings. The average molecular weight is 418 g/mol. The van der Waals surface area contributed by atoms with E-state index >= 15 is 0 Å². The third-order valence-electron chi connectivity index (χ3n) is 4.07. The van der Waals surface area contributed by atoms with Crippen molar-refractivity contribution in [1.29, 1.82) is 0 Å². The van der Waals surface area contributed by atoms with Crippen molar-refractivity contribution in [3.05, 3.63) is 53.2 Å². The maximum Gasteiger partial charge on any atom is 0.356 e. The minimum Gasteiger partial charge on any atom is -0.464 e. The molecule has 2 aromatic heterocycles. The monoisotopic (exact) mass is 417 g/mol. The van der Waals surface area contributed by atoms with Gasteiger partial charge in [0, 0.05) is 23.0 Å². The highest BCUT2D eigenvalue weighted by atomic mass is 35.5. The summed E-state index contributed by atoms with van der Waals surface area (Å²) in [6.07, 6.45) is 5.39. The van der Waals surface area contributed by atoms with Crippen LogP contribution >= 0.6 is 34.7 Å². The molecule has 0 amide bonds. The first-order valence-corrected chi connectivity index (χ1v) is 10.4. The number of rotatable bonds is 4. The minimum absolute atomic E-state index is 0.278. The zero-order valence-electron chi connectivity index (χ0n) is 14.5. The third-order valence-corrected chi connectivity index (χ3v) is 6.32. The number of esters is 1. The standard InChI is InChI=1S/C19H16ClN3O2S2/c1-25-18(24)13-6-5-7-16(21-13)26-14-10-12(20)11-15-17(14)22-19(27-15)23-8-3-2-4-9-23/h2-3,5-7,10-11H,4,8-9H2,1H3.